The van der Waals surface area contributed by atoms with Crippen LogP contribution in [0.3, 0.4) is 0 Å². The van der Waals surface area contributed by atoms with Gasteiger partial charge in [0.15, 0.2) is 0 Å². The van der Waals surface area contributed by atoms with Crippen LogP contribution in [0.4, 0.5) is 13.2 Å². The summed E-state index contributed by atoms with van der Waals surface area (Å²) in [6, 6.07) is 0.253. The van der Waals surface area contributed by atoms with Crippen molar-refractivity contribution in [1.29, 1.82) is 0 Å². The van der Waals surface area contributed by atoms with Gasteiger partial charge in [-0.2, -0.15) is 13.2 Å². The van der Waals surface area contributed by atoms with Gasteiger partial charge in [-0.3, -0.25) is 0 Å². The van der Waals surface area contributed by atoms with E-state index in [0.29, 0.717) is 22.8 Å². The summed E-state index contributed by atoms with van der Waals surface area (Å²) in [7, 11) is 0. The molecule has 3 nitrogen and oxygen atoms in total. The molecule has 1 aliphatic rings. The number of nitrogens with one attached hydrogen (secondary N) is 1. The molecule has 1 N–H and O–H groups in total. The van der Waals surface area contributed by atoms with Crippen LogP contribution in [0.1, 0.15) is 29.3 Å². The van der Waals surface area contributed by atoms with Crippen molar-refractivity contribution >= 4 is 11.3 Å². The highest BCUT2D eigenvalue weighted by Crippen LogP contribution is 2.31. The number of hydrogen-bond acceptors (Lipinski definition) is 4. The Hall–Kier alpha value is -0.690. The van der Waals surface area contributed by atoms with E-state index in [1.54, 1.807) is 0 Å². The lowest BCUT2D eigenvalue weighted by Crippen LogP contribution is -2.35. The first kappa shape index (κ1) is 11.8. The highest BCUT2D eigenvalue weighted by atomic mass is 32.1. The topological polar surface area (TPSA) is 37.8 Å². The highest BCUT2D eigenvalue weighted by Gasteiger charge is 2.35. The monoisotopic (exact) mass is 251 g/mol. The smallest absolute Gasteiger partial charge is 0.314 e. The molecule has 1 saturated heterocycles. The Morgan fingerprint density at radius 2 is 2.12 bits per heavy atom. The van der Waals surface area contributed by atoms with Crippen molar-refractivity contribution in [2.24, 2.45) is 0 Å². The Morgan fingerprint density at radius 1 is 1.31 bits per heavy atom. The first-order chi connectivity index (χ1) is 7.55. The molecule has 0 spiro atoms. The molecule has 1 aliphatic heterocycles. The van der Waals surface area contributed by atoms with Gasteiger partial charge in [0.05, 0.1) is 0 Å². The molecule has 0 aliphatic carbocycles. The Kier molecular flexibility index (Phi) is 3.44. The lowest BCUT2D eigenvalue weighted by Gasteiger charge is -2.22. The summed E-state index contributed by atoms with van der Waals surface area (Å²) < 4.78 is 36.8. The summed E-state index contributed by atoms with van der Waals surface area (Å²) in [5.41, 5.74) is 0. The van der Waals surface area contributed by atoms with Crippen molar-refractivity contribution in [3.8, 4) is 0 Å². The molecule has 0 saturated carbocycles. The van der Waals surface area contributed by atoms with Gasteiger partial charge >= 0.3 is 6.18 Å². The second kappa shape index (κ2) is 4.67. The Morgan fingerprint density at radius 3 is 2.69 bits per heavy atom. The third-order valence-corrected chi connectivity index (χ3v) is 3.53. The number of hydrogen-bond donors (Lipinski definition) is 1. The average molecular weight is 251 g/mol. The summed E-state index contributed by atoms with van der Waals surface area (Å²) in [5, 5.41) is 9.64. The van der Waals surface area contributed by atoms with Crippen molar-refractivity contribution < 1.29 is 13.2 Å². The summed E-state index contributed by atoms with van der Waals surface area (Å²) in [5.74, 6) is 0. The zero-order valence-electron chi connectivity index (χ0n) is 8.55. The van der Waals surface area contributed by atoms with E-state index in [2.05, 4.69) is 15.5 Å². The van der Waals surface area contributed by atoms with Crippen molar-refractivity contribution in [2.45, 2.75) is 37.9 Å². The van der Waals surface area contributed by atoms with E-state index in [1.165, 1.54) is 0 Å². The molecule has 0 radical (unpaired) electrons. The molecule has 1 fully saturated rings. The third kappa shape index (κ3) is 2.91. The summed E-state index contributed by atoms with van der Waals surface area (Å²) in [6.07, 6.45) is -0.548. The first-order valence-electron chi connectivity index (χ1n) is 5.18. The number of alkyl halides is 3. The zero-order valence-corrected chi connectivity index (χ0v) is 9.37. The third-order valence-electron chi connectivity index (χ3n) is 2.54. The highest BCUT2D eigenvalue weighted by molar-refractivity contribution is 7.11. The largest absolute Gasteiger partial charge is 0.445 e. The van der Waals surface area contributed by atoms with Gasteiger partial charge in [0.1, 0.15) is 5.01 Å². The summed E-state index contributed by atoms with van der Waals surface area (Å²) in [6.45, 7) is 0.940. The van der Waals surface area contributed by atoms with Crippen LogP contribution in [0.5, 0.6) is 0 Å². The number of rotatable bonds is 2. The number of piperidine rings is 1. The first-order valence-corrected chi connectivity index (χ1v) is 6.00. The van der Waals surface area contributed by atoms with E-state index in [4.69, 9.17) is 0 Å². The van der Waals surface area contributed by atoms with E-state index in [0.717, 1.165) is 25.8 Å². The second-order valence-electron chi connectivity index (χ2n) is 3.85. The SMILES string of the molecule is FC(F)(F)c1nnc(CC2CCCCN2)s1. The quantitative estimate of drug-likeness (QED) is 0.876. The van der Waals surface area contributed by atoms with Gasteiger partial charge in [-0.05, 0) is 19.4 Å². The van der Waals surface area contributed by atoms with E-state index >= 15 is 0 Å². The lowest BCUT2D eigenvalue weighted by atomic mass is 10.0. The van der Waals surface area contributed by atoms with Gasteiger partial charge in [0.25, 0.3) is 0 Å². The van der Waals surface area contributed by atoms with E-state index in [1.807, 2.05) is 0 Å². The van der Waals surface area contributed by atoms with E-state index in [9.17, 15) is 13.2 Å². The second-order valence-corrected chi connectivity index (χ2v) is 4.91. The van der Waals surface area contributed by atoms with Crippen LogP contribution in [0.25, 0.3) is 0 Å². The van der Waals surface area contributed by atoms with E-state index < -0.39 is 11.2 Å². The molecule has 0 bridgehead atoms. The van der Waals surface area contributed by atoms with Crippen molar-refractivity contribution in [2.75, 3.05) is 6.54 Å². The fourth-order valence-electron chi connectivity index (χ4n) is 1.76. The Bertz CT molecular complexity index is 344. The minimum absolute atomic E-state index is 0.253. The van der Waals surface area contributed by atoms with Crippen LogP contribution < -0.4 is 5.32 Å². The molecular formula is C9H12F3N3S. The fraction of sp³-hybridized carbons (Fsp3) is 0.778. The van der Waals surface area contributed by atoms with Crippen LogP contribution in [0.15, 0.2) is 0 Å². The molecule has 90 valence electrons. The Balaban J connectivity index is 1.97. The number of nitrogens with zero attached hydrogens (tertiary/aromatic N) is 2. The molecule has 7 heteroatoms. The molecule has 1 unspecified atom stereocenters. The number of aromatic nitrogens is 2. The molecule has 2 rings (SSSR count). The van der Waals surface area contributed by atoms with Gasteiger partial charge < -0.3 is 5.32 Å². The Labute approximate surface area is 95.1 Å². The molecule has 0 amide bonds. The minimum Gasteiger partial charge on any atom is -0.314 e. The van der Waals surface area contributed by atoms with Crippen LogP contribution in [0.2, 0.25) is 0 Å². The van der Waals surface area contributed by atoms with Gasteiger partial charge in [0, 0.05) is 12.5 Å². The average Bonchev–Trinajstić information content (AvgIpc) is 2.67. The molecule has 1 aromatic heterocycles. The lowest BCUT2D eigenvalue weighted by molar-refractivity contribution is -0.138. The maximum absolute atomic E-state index is 12.3. The van der Waals surface area contributed by atoms with Crippen LogP contribution in [0, 0.1) is 0 Å². The van der Waals surface area contributed by atoms with Crippen molar-refractivity contribution in [3.63, 3.8) is 0 Å². The van der Waals surface area contributed by atoms with E-state index in [-0.39, 0.29) is 6.04 Å². The molecule has 1 aromatic rings. The van der Waals surface area contributed by atoms with Crippen LogP contribution >= 0.6 is 11.3 Å². The maximum atomic E-state index is 12.3. The maximum Gasteiger partial charge on any atom is 0.445 e. The van der Waals surface area contributed by atoms with Gasteiger partial charge in [-0.25, -0.2) is 0 Å². The van der Waals surface area contributed by atoms with Crippen molar-refractivity contribution in [1.82, 2.24) is 15.5 Å². The zero-order chi connectivity index (χ0) is 11.6. The number of halogens is 3. The van der Waals surface area contributed by atoms with Crippen LogP contribution in [-0.2, 0) is 12.6 Å². The molecule has 2 heterocycles. The van der Waals surface area contributed by atoms with Gasteiger partial charge in [0.2, 0.25) is 5.01 Å². The molecule has 16 heavy (non-hydrogen) atoms. The molecule has 0 aromatic carbocycles. The van der Waals surface area contributed by atoms with Crippen LogP contribution in [-0.4, -0.2) is 22.8 Å². The summed E-state index contributed by atoms with van der Waals surface area (Å²) >= 11 is 0.646. The molecular weight excluding hydrogens is 239 g/mol. The minimum atomic E-state index is -4.37. The summed E-state index contributed by atoms with van der Waals surface area (Å²) in [4.78, 5) is 0. The molecule has 1 atom stereocenters. The van der Waals surface area contributed by atoms with Crippen molar-refractivity contribution in [3.05, 3.63) is 10.0 Å². The van der Waals surface area contributed by atoms with Gasteiger partial charge in [-0.1, -0.05) is 17.8 Å². The predicted molar refractivity (Wildman–Crippen MR) is 54.3 cm³/mol. The normalized spacial score (nSPS) is 22.3. The predicted octanol–water partition coefficient (Wildman–Crippen LogP) is 2.24. The fourth-order valence-corrected chi connectivity index (χ4v) is 2.55. The van der Waals surface area contributed by atoms with Gasteiger partial charge in [-0.15, -0.1) is 10.2 Å². The standard InChI is InChI=1S/C9H12F3N3S/c10-9(11,12)8-15-14-7(16-8)5-6-3-1-2-4-13-6/h6,13H,1-5H2.